The van der Waals surface area contributed by atoms with Crippen LogP contribution >= 0.6 is 0 Å². The SMILES string of the molecule is CC1(C)C2CCC1(CS(=O)(=O)NCC(N)=O)C(=O)C2. The molecule has 0 aliphatic heterocycles. The van der Waals surface area contributed by atoms with Crippen molar-refractivity contribution in [1.82, 2.24) is 4.72 Å². The van der Waals surface area contributed by atoms with Crippen LogP contribution in [0.3, 0.4) is 0 Å². The molecule has 19 heavy (non-hydrogen) atoms. The number of sulfonamides is 1. The topological polar surface area (TPSA) is 106 Å². The molecule has 0 spiro atoms. The third kappa shape index (κ3) is 2.18. The molecule has 1 amide bonds. The second kappa shape index (κ2) is 4.28. The quantitative estimate of drug-likeness (QED) is 0.729. The Labute approximate surface area is 113 Å². The van der Waals surface area contributed by atoms with Crippen LogP contribution in [0, 0.1) is 16.7 Å². The van der Waals surface area contributed by atoms with E-state index in [4.69, 9.17) is 5.73 Å². The van der Waals surface area contributed by atoms with Crippen LogP contribution in [0.2, 0.25) is 0 Å². The van der Waals surface area contributed by atoms with Gasteiger partial charge in [-0.1, -0.05) is 13.8 Å². The van der Waals surface area contributed by atoms with Gasteiger partial charge in [-0.2, -0.15) is 0 Å². The molecule has 2 unspecified atom stereocenters. The van der Waals surface area contributed by atoms with Crippen molar-refractivity contribution in [3.8, 4) is 0 Å². The maximum atomic E-state index is 12.2. The monoisotopic (exact) mass is 288 g/mol. The van der Waals surface area contributed by atoms with Crippen LogP contribution in [0.4, 0.5) is 0 Å². The number of hydrogen-bond acceptors (Lipinski definition) is 4. The van der Waals surface area contributed by atoms with Crippen molar-refractivity contribution >= 4 is 21.7 Å². The van der Waals surface area contributed by atoms with E-state index >= 15 is 0 Å². The highest BCUT2D eigenvalue weighted by molar-refractivity contribution is 7.89. The Hall–Kier alpha value is -0.950. The van der Waals surface area contributed by atoms with Gasteiger partial charge in [0.05, 0.1) is 12.3 Å². The Bertz CT molecular complexity index is 526. The number of carbonyl (C=O) groups excluding carboxylic acids is 2. The Morgan fingerprint density at radius 1 is 1.47 bits per heavy atom. The van der Waals surface area contributed by atoms with Gasteiger partial charge in [0.15, 0.2) is 0 Å². The Balaban J connectivity index is 2.22. The highest BCUT2D eigenvalue weighted by Gasteiger charge is 2.65. The molecule has 6 nitrogen and oxygen atoms in total. The van der Waals surface area contributed by atoms with Crippen LogP contribution in [0.1, 0.15) is 33.1 Å². The lowest BCUT2D eigenvalue weighted by atomic mass is 9.70. The zero-order valence-electron chi connectivity index (χ0n) is 11.2. The fraction of sp³-hybridized carbons (Fsp3) is 0.833. The summed E-state index contributed by atoms with van der Waals surface area (Å²) in [5.41, 5.74) is 3.82. The van der Waals surface area contributed by atoms with Crippen LogP contribution in [0.25, 0.3) is 0 Å². The van der Waals surface area contributed by atoms with Crippen LogP contribution in [0.5, 0.6) is 0 Å². The first-order chi connectivity index (χ1) is 8.61. The summed E-state index contributed by atoms with van der Waals surface area (Å²) >= 11 is 0. The summed E-state index contributed by atoms with van der Waals surface area (Å²) in [5.74, 6) is -0.665. The summed E-state index contributed by atoms with van der Waals surface area (Å²) in [5, 5.41) is 0. The minimum absolute atomic E-state index is 0.0400. The molecule has 0 aromatic heterocycles. The van der Waals surface area contributed by atoms with Crippen molar-refractivity contribution in [2.45, 2.75) is 33.1 Å². The number of carbonyl (C=O) groups is 2. The van der Waals surface area contributed by atoms with Crippen LogP contribution in [-0.4, -0.2) is 32.4 Å². The van der Waals surface area contributed by atoms with E-state index in [0.717, 1.165) is 6.42 Å². The highest BCUT2D eigenvalue weighted by Crippen LogP contribution is 2.64. The normalized spacial score (nSPS) is 32.7. The molecule has 0 aromatic carbocycles. The van der Waals surface area contributed by atoms with E-state index in [9.17, 15) is 18.0 Å². The van der Waals surface area contributed by atoms with E-state index in [0.29, 0.717) is 12.8 Å². The molecule has 2 bridgehead atoms. The number of nitrogens with two attached hydrogens (primary N) is 1. The van der Waals surface area contributed by atoms with Gasteiger partial charge < -0.3 is 5.73 Å². The smallest absolute Gasteiger partial charge is 0.232 e. The highest BCUT2D eigenvalue weighted by atomic mass is 32.2. The zero-order valence-corrected chi connectivity index (χ0v) is 12.0. The van der Waals surface area contributed by atoms with Crippen molar-refractivity contribution in [3.63, 3.8) is 0 Å². The van der Waals surface area contributed by atoms with Gasteiger partial charge in [-0.3, -0.25) is 9.59 Å². The van der Waals surface area contributed by atoms with E-state index in [1.54, 1.807) is 0 Å². The van der Waals surface area contributed by atoms with Gasteiger partial charge in [-0.25, -0.2) is 13.1 Å². The van der Waals surface area contributed by atoms with Crippen molar-refractivity contribution in [2.75, 3.05) is 12.3 Å². The number of primary amides is 1. The number of amides is 1. The second-order valence-electron chi connectivity index (χ2n) is 6.21. The fourth-order valence-electron chi connectivity index (χ4n) is 3.66. The molecule has 3 N–H and O–H groups in total. The van der Waals surface area contributed by atoms with Gasteiger partial charge in [0.1, 0.15) is 5.78 Å². The Morgan fingerprint density at radius 2 is 2.11 bits per heavy atom. The maximum Gasteiger partial charge on any atom is 0.232 e. The lowest BCUT2D eigenvalue weighted by Crippen LogP contribution is -2.46. The summed E-state index contributed by atoms with van der Waals surface area (Å²) in [4.78, 5) is 22.9. The molecule has 0 radical (unpaired) electrons. The molecule has 2 atom stereocenters. The molecule has 2 fully saturated rings. The largest absolute Gasteiger partial charge is 0.369 e. The molecule has 2 saturated carbocycles. The van der Waals surface area contributed by atoms with Gasteiger partial charge in [0.2, 0.25) is 15.9 Å². The lowest BCUT2D eigenvalue weighted by Gasteiger charge is -2.36. The Kier molecular flexibility index (Phi) is 3.25. The number of rotatable bonds is 5. The standard InChI is InChI=1S/C12H20N2O4S/c1-11(2)8-3-4-12(11,9(15)5-8)7-19(17,18)14-6-10(13)16/h8,14H,3-7H2,1-2H3,(H2,13,16). The third-order valence-corrected chi connectivity index (χ3v) is 6.50. The summed E-state index contributed by atoms with van der Waals surface area (Å²) in [6.45, 7) is 3.52. The summed E-state index contributed by atoms with van der Waals surface area (Å²) < 4.78 is 26.2. The average Bonchev–Trinajstić information content (AvgIpc) is 2.60. The van der Waals surface area contributed by atoms with Gasteiger partial charge in [-0.05, 0) is 24.2 Å². The summed E-state index contributed by atoms with van der Waals surface area (Å²) in [6.07, 6.45) is 1.98. The minimum atomic E-state index is -3.68. The predicted octanol–water partition coefficient (Wildman–Crippen LogP) is -0.213. The number of nitrogens with one attached hydrogen (secondary N) is 1. The number of ketones is 1. The fourth-order valence-corrected chi connectivity index (χ4v) is 5.46. The number of Topliss-reactive ketones (excluding diaryl/α,β-unsaturated/α-hetero) is 1. The van der Waals surface area contributed by atoms with E-state index in [-0.39, 0.29) is 22.9 Å². The van der Waals surface area contributed by atoms with Crippen LogP contribution in [0.15, 0.2) is 0 Å². The molecule has 0 saturated heterocycles. The second-order valence-corrected chi connectivity index (χ2v) is 8.02. The molecule has 0 aromatic rings. The molecule has 2 aliphatic carbocycles. The predicted molar refractivity (Wildman–Crippen MR) is 69.5 cm³/mol. The van der Waals surface area contributed by atoms with E-state index in [1.807, 2.05) is 13.8 Å². The maximum absolute atomic E-state index is 12.2. The molecule has 7 heteroatoms. The number of fused-ring (bicyclic) bond motifs is 2. The van der Waals surface area contributed by atoms with Gasteiger partial charge in [0, 0.05) is 11.8 Å². The summed E-state index contributed by atoms with van der Waals surface area (Å²) in [7, 11) is -3.68. The molecular weight excluding hydrogens is 268 g/mol. The third-order valence-electron chi connectivity index (χ3n) is 5.04. The van der Waals surface area contributed by atoms with Gasteiger partial charge >= 0.3 is 0 Å². The molecule has 0 heterocycles. The van der Waals surface area contributed by atoms with Crippen molar-refractivity contribution in [1.29, 1.82) is 0 Å². The lowest BCUT2D eigenvalue weighted by molar-refractivity contribution is -0.128. The minimum Gasteiger partial charge on any atom is -0.369 e. The molecular formula is C12H20N2O4S. The van der Waals surface area contributed by atoms with Gasteiger partial charge in [0.25, 0.3) is 0 Å². The van der Waals surface area contributed by atoms with Crippen molar-refractivity contribution in [3.05, 3.63) is 0 Å². The summed E-state index contributed by atoms with van der Waals surface area (Å²) in [6, 6.07) is 0. The van der Waals surface area contributed by atoms with Gasteiger partial charge in [-0.15, -0.1) is 0 Å². The first kappa shape index (κ1) is 14.5. The molecule has 2 rings (SSSR count). The Morgan fingerprint density at radius 3 is 2.53 bits per heavy atom. The number of hydrogen-bond donors (Lipinski definition) is 2. The van der Waals surface area contributed by atoms with E-state index < -0.39 is 27.9 Å². The molecule has 2 aliphatic rings. The van der Waals surface area contributed by atoms with Crippen molar-refractivity contribution < 1.29 is 18.0 Å². The zero-order chi connectivity index (χ0) is 14.5. The van der Waals surface area contributed by atoms with Crippen molar-refractivity contribution in [2.24, 2.45) is 22.5 Å². The van der Waals surface area contributed by atoms with E-state index in [2.05, 4.69) is 4.72 Å². The van der Waals surface area contributed by atoms with Crippen LogP contribution < -0.4 is 10.5 Å². The molecule has 108 valence electrons. The first-order valence-electron chi connectivity index (χ1n) is 6.40. The first-order valence-corrected chi connectivity index (χ1v) is 8.05. The van der Waals surface area contributed by atoms with E-state index in [1.165, 1.54) is 0 Å². The van der Waals surface area contributed by atoms with Crippen LogP contribution in [-0.2, 0) is 19.6 Å². The average molecular weight is 288 g/mol.